The summed E-state index contributed by atoms with van der Waals surface area (Å²) in [4.78, 5) is 0. The Morgan fingerprint density at radius 2 is 1.43 bits per heavy atom. The van der Waals surface area contributed by atoms with Gasteiger partial charge in [-0.25, -0.2) is 5.26 Å². The molecule has 1 aromatic rings. The summed E-state index contributed by atoms with van der Waals surface area (Å²) in [7, 11) is 0. The average Bonchev–Trinajstić information content (AvgIpc) is 2.97. The lowest BCUT2D eigenvalue weighted by molar-refractivity contribution is 0.535. The highest BCUT2D eigenvalue weighted by Crippen LogP contribution is 2.11. The first kappa shape index (κ1) is 19.8. The summed E-state index contributed by atoms with van der Waals surface area (Å²) in [6.45, 7) is 9.28. The van der Waals surface area contributed by atoms with Gasteiger partial charge in [-0.3, -0.25) is 0 Å². The Morgan fingerprint density at radius 3 is 2.05 bits per heavy atom. The number of nitriles is 1. The zero-order valence-corrected chi connectivity index (χ0v) is 14.2. The zero-order chi connectivity index (χ0) is 15.8. The fraction of sp³-hybridized carbons (Fsp3) is 0.737. The summed E-state index contributed by atoms with van der Waals surface area (Å²) in [5.74, 6) is 0. The van der Waals surface area contributed by atoms with Crippen molar-refractivity contribution >= 4 is 0 Å². The maximum Gasteiger partial charge on any atom is 0.0462 e. The van der Waals surface area contributed by atoms with Crippen LogP contribution in [0.3, 0.4) is 0 Å². The van der Waals surface area contributed by atoms with Crippen LogP contribution in [0.25, 0.3) is 0 Å². The molecule has 0 N–H and O–H groups in total. The first-order valence-electron chi connectivity index (χ1n) is 8.78. The van der Waals surface area contributed by atoms with E-state index in [1.807, 2.05) is 0 Å². The minimum Gasteiger partial charge on any atom is -0.351 e. The molecule has 0 aliphatic heterocycles. The normalized spacial score (nSPS) is 10.1. The number of hydrogen-bond donors (Lipinski definition) is 0. The fourth-order valence-corrected chi connectivity index (χ4v) is 2.67. The molecule has 0 unspecified atom stereocenters. The van der Waals surface area contributed by atoms with Crippen molar-refractivity contribution in [2.24, 2.45) is 0 Å². The molecule has 2 heteroatoms. The van der Waals surface area contributed by atoms with Crippen LogP contribution >= 0.6 is 0 Å². The molecule has 1 aromatic heterocycles. The van der Waals surface area contributed by atoms with Gasteiger partial charge in [-0.2, -0.15) is 0 Å². The molecule has 0 amide bonds. The molecule has 0 atom stereocenters. The van der Waals surface area contributed by atoms with E-state index in [0.29, 0.717) is 0 Å². The molecule has 0 radical (unpaired) electrons. The predicted molar refractivity (Wildman–Crippen MR) is 92.3 cm³/mol. The summed E-state index contributed by atoms with van der Waals surface area (Å²) in [5.41, 5.74) is 1.53. The Labute approximate surface area is 132 Å². The van der Waals surface area contributed by atoms with E-state index >= 15 is 0 Å². The standard InChI is InChI=1S/C18H33N.CHN/c1-3-5-7-8-9-10-11-12-16-19-17-13-15-18(19)14-6-4-2;1-2/h13,15,17H,3-12,14,16H2,1-2H3;1H. The molecular formula is C19H34N2. The van der Waals surface area contributed by atoms with E-state index in [2.05, 4.69) is 43.3 Å². The Morgan fingerprint density at radius 1 is 0.857 bits per heavy atom. The lowest BCUT2D eigenvalue weighted by Crippen LogP contribution is -2.02. The summed E-state index contributed by atoms with van der Waals surface area (Å²) in [6, 6.07) is 4.50. The first-order valence-corrected chi connectivity index (χ1v) is 8.78. The Bertz CT molecular complexity index is 338. The topological polar surface area (TPSA) is 28.7 Å². The van der Waals surface area contributed by atoms with E-state index in [0.717, 1.165) is 0 Å². The van der Waals surface area contributed by atoms with E-state index in [4.69, 9.17) is 5.26 Å². The number of unbranched alkanes of at least 4 members (excludes halogenated alkanes) is 8. The number of hydrogen-bond acceptors (Lipinski definition) is 1. The van der Waals surface area contributed by atoms with E-state index in [1.165, 1.54) is 82.9 Å². The van der Waals surface area contributed by atoms with E-state index in [1.54, 1.807) is 0 Å². The first-order chi connectivity index (χ1) is 10.4. The van der Waals surface area contributed by atoms with Gasteiger partial charge in [0.2, 0.25) is 0 Å². The molecular weight excluding hydrogens is 256 g/mol. The molecule has 0 saturated heterocycles. The predicted octanol–water partition coefficient (Wildman–Crippen LogP) is 6.11. The molecule has 0 bridgehead atoms. The summed E-state index contributed by atoms with van der Waals surface area (Å²) >= 11 is 0. The van der Waals surface area contributed by atoms with Crippen molar-refractivity contribution in [2.45, 2.75) is 91.0 Å². The zero-order valence-electron chi connectivity index (χ0n) is 14.2. The van der Waals surface area contributed by atoms with E-state index < -0.39 is 0 Å². The lowest BCUT2D eigenvalue weighted by Gasteiger charge is -2.09. The minimum atomic E-state index is 1.22. The molecule has 21 heavy (non-hydrogen) atoms. The summed E-state index contributed by atoms with van der Waals surface area (Å²) < 4.78 is 2.47. The van der Waals surface area contributed by atoms with Gasteiger partial charge in [0.05, 0.1) is 0 Å². The second kappa shape index (κ2) is 15.2. The van der Waals surface area contributed by atoms with E-state index in [-0.39, 0.29) is 0 Å². The van der Waals surface area contributed by atoms with Crippen LogP contribution in [0, 0.1) is 11.8 Å². The maximum absolute atomic E-state index is 6.50. The molecule has 2 nitrogen and oxygen atoms in total. The van der Waals surface area contributed by atoms with Crippen molar-refractivity contribution in [1.82, 2.24) is 4.57 Å². The molecule has 0 spiro atoms. The van der Waals surface area contributed by atoms with Crippen molar-refractivity contribution in [2.75, 3.05) is 0 Å². The van der Waals surface area contributed by atoms with Crippen molar-refractivity contribution in [3.8, 4) is 6.57 Å². The van der Waals surface area contributed by atoms with Gasteiger partial charge < -0.3 is 4.57 Å². The molecule has 0 aromatic carbocycles. The van der Waals surface area contributed by atoms with Gasteiger partial charge in [0.15, 0.2) is 0 Å². The van der Waals surface area contributed by atoms with Gasteiger partial charge in [-0.15, -0.1) is 0 Å². The largest absolute Gasteiger partial charge is 0.351 e. The van der Waals surface area contributed by atoms with Crippen LogP contribution in [-0.4, -0.2) is 4.57 Å². The van der Waals surface area contributed by atoms with Crippen molar-refractivity contribution in [1.29, 1.82) is 5.26 Å². The van der Waals surface area contributed by atoms with Crippen LogP contribution in [-0.2, 0) is 13.0 Å². The molecule has 1 rings (SSSR count). The monoisotopic (exact) mass is 290 g/mol. The van der Waals surface area contributed by atoms with Crippen molar-refractivity contribution in [3.05, 3.63) is 24.0 Å². The fourth-order valence-electron chi connectivity index (χ4n) is 2.67. The molecule has 0 aliphatic rings. The van der Waals surface area contributed by atoms with Crippen LogP contribution in [0.5, 0.6) is 0 Å². The van der Waals surface area contributed by atoms with E-state index in [9.17, 15) is 0 Å². The van der Waals surface area contributed by atoms with Gasteiger partial charge >= 0.3 is 0 Å². The second-order valence-corrected chi connectivity index (χ2v) is 5.77. The highest BCUT2D eigenvalue weighted by Gasteiger charge is 2.00. The quantitative estimate of drug-likeness (QED) is 0.427. The van der Waals surface area contributed by atoms with Gasteiger partial charge in [-0.05, 0) is 31.4 Å². The van der Waals surface area contributed by atoms with Crippen LogP contribution in [0.1, 0.15) is 83.7 Å². The Balaban J connectivity index is 0.00000191. The molecule has 120 valence electrons. The van der Waals surface area contributed by atoms with Crippen molar-refractivity contribution < 1.29 is 0 Å². The Hall–Kier alpha value is -1.23. The third-order valence-electron chi connectivity index (χ3n) is 3.96. The third-order valence-corrected chi connectivity index (χ3v) is 3.96. The molecule has 0 fully saturated rings. The van der Waals surface area contributed by atoms with Crippen LogP contribution in [0.2, 0.25) is 0 Å². The van der Waals surface area contributed by atoms with Crippen LogP contribution in [0.15, 0.2) is 18.3 Å². The van der Waals surface area contributed by atoms with Gasteiger partial charge in [0.1, 0.15) is 0 Å². The average molecular weight is 290 g/mol. The number of aryl methyl sites for hydroxylation is 2. The highest BCUT2D eigenvalue weighted by atomic mass is 15.0. The van der Waals surface area contributed by atoms with Crippen molar-refractivity contribution in [3.63, 3.8) is 0 Å². The van der Waals surface area contributed by atoms with Gasteiger partial charge in [0.25, 0.3) is 0 Å². The van der Waals surface area contributed by atoms with Crippen LogP contribution < -0.4 is 0 Å². The number of rotatable bonds is 12. The number of aromatic nitrogens is 1. The smallest absolute Gasteiger partial charge is 0.0462 e. The maximum atomic E-state index is 6.50. The SMILES string of the molecule is C#N.CCCCCCCCCCn1cccc1CCCC. The summed E-state index contributed by atoms with van der Waals surface area (Å²) in [5, 5.41) is 6.50. The molecule has 0 saturated carbocycles. The highest BCUT2D eigenvalue weighted by molar-refractivity contribution is 5.07. The number of nitrogens with zero attached hydrogens (tertiary/aromatic N) is 2. The third kappa shape index (κ3) is 10.2. The molecule has 1 heterocycles. The summed E-state index contributed by atoms with van der Waals surface area (Å²) in [6.07, 6.45) is 17.4. The van der Waals surface area contributed by atoms with Crippen LogP contribution in [0.4, 0.5) is 0 Å². The lowest BCUT2D eigenvalue weighted by atomic mass is 10.1. The Kier molecular flexibility index (Phi) is 14.3. The minimum absolute atomic E-state index is 1.22. The second-order valence-electron chi connectivity index (χ2n) is 5.77. The molecule has 0 aliphatic carbocycles. The van der Waals surface area contributed by atoms with Gasteiger partial charge in [-0.1, -0.05) is 65.2 Å². The van der Waals surface area contributed by atoms with Gasteiger partial charge in [0, 0.05) is 25.0 Å².